The number of aryl methyl sites for hydroxylation is 1. The Morgan fingerprint density at radius 3 is 2.29 bits per heavy atom. The number of hydrogen-bond donors (Lipinski definition) is 2. The number of carbonyl (C=O) groups excluding carboxylic acids is 5. The largest absolute Gasteiger partial charge is 0.507 e. The number of ketones is 5. The van der Waals surface area contributed by atoms with Gasteiger partial charge in [0.2, 0.25) is 0 Å². The summed E-state index contributed by atoms with van der Waals surface area (Å²) in [5.41, 5.74) is -3.44. The first-order valence-electron chi connectivity index (χ1n) is 12.4. The second kappa shape index (κ2) is 7.92. The van der Waals surface area contributed by atoms with Crippen molar-refractivity contribution in [1.29, 1.82) is 0 Å². The number of aliphatic hydroxyl groups is 1. The number of benzene rings is 1. The fourth-order valence-electron chi connectivity index (χ4n) is 7.70. The predicted octanol–water partition coefficient (Wildman–Crippen LogP) is 3.05. The number of rotatable bonds is 4. The van der Waals surface area contributed by atoms with Gasteiger partial charge in [0.25, 0.3) is 0 Å². The Labute approximate surface area is 205 Å². The lowest BCUT2D eigenvalue weighted by molar-refractivity contribution is -0.205. The summed E-state index contributed by atoms with van der Waals surface area (Å²) in [6, 6.07) is 3.24. The van der Waals surface area contributed by atoms with E-state index in [1.54, 1.807) is 33.8 Å². The first-order chi connectivity index (χ1) is 16.2. The van der Waals surface area contributed by atoms with E-state index in [-0.39, 0.29) is 23.7 Å². The van der Waals surface area contributed by atoms with Crippen molar-refractivity contribution in [2.75, 3.05) is 0 Å². The fourth-order valence-corrected chi connectivity index (χ4v) is 7.70. The zero-order chi connectivity index (χ0) is 26.2. The van der Waals surface area contributed by atoms with Crippen molar-refractivity contribution in [3.63, 3.8) is 0 Å². The van der Waals surface area contributed by atoms with Gasteiger partial charge in [0.15, 0.2) is 28.7 Å². The van der Waals surface area contributed by atoms with E-state index in [0.717, 1.165) is 18.9 Å². The Hall–Kier alpha value is -2.67. The van der Waals surface area contributed by atoms with Gasteiger partial charge in [-0.05, 0) is 54.7 Å². The lowest BCUT2D eigenvalue weighted by Crippen LogP contribution is -2.76. The molecular formula is C28H34O7. The molecular weight excluding hydrogens is 448 g/mol. The topological polar surface area (TPSA) is 126 Å². The Bertz CT molecular complexity index is 1180. The van der Waals surface area contributed by atoms with Crippen molar-refractivity contribution >= 4 is 28.9 Å². The summed E-state index contributed by atoms with van der Waals surface area (Å²) < 4.78 is 0. The molecule has 4 rings (SSSR count). The molecule has 7 nitrogen and oxygen atoms in total. The van der Waals surface area contributed by atoms with Crippen molar-refractivity contribution in [3.05, 3.63) is 28.8 Å². The van der Waals surface area contributed by atoms with Crippen LogP contribution in [0.4, 0.5) is 0 Å². The second-order valence-electron chi connectivity index (χ2n) is 11.7. The molecule has 2 fully saturated rings. The summed E-state index contributed by atoms with van der Waals surface area (Å²) in [5, 5.41) is 22.5. The molecule has 7 heteroatoms. The van der Waals surface area contributed by atoms with E-state index in [2.05, 4.69) is 0 Å². The van der Waals surface area contributed by atoms with Gasteiger partial charge >= 0.3 is 0 Å². The van der Waals surface area contributed by atoms with Crippen LogP contribution in [0.1, 0.15) is 75.9 Å². The van der Waals surface area contributed by atoms with Crippen LogP contribution in [0.25, 0.3) is 0 Å². The Balaban J connectivity index is 1.98. The Morgan fingerprint density at radius 2 is 1.74 bits per heavy atom. The molecule has 2 saturated carbocycles. The summed E-state index contributed by atoms with van der Waals surface area (Å²) in [6.07, 6.45) is 1.89. The number of Topliss-reactive ketones (excluding diaryl/α,β-unsaturated/α-hetero) is 5. The van der Waals surface area contributed by atoms with Crippen LogP contribution < -0.4 is 0 Å². The molecule has 2 N–H and O–H groups in total. The Morgan fingerprint density at radius 1 is 1.11 bits per heavy atom. The Kier molecular flexibility index (Phi) is 5.75. The third-order valence-electron chi connectivity index (χ3n) is 8.88. The molecule has 0 aliphatic heterocycles. The molecule has 0 aromatic heterocycles. The second-order valence-corrected chi connectivity index (χ2v) is 11.7. The number of aromatic hydroxyl groups is 1. The van der Waals surface area contributed by atoms with Gasteiger partial charge in [-0.15, -0.1) is 0 Å². The molecule has 0 heterocycles. The van der Waals surface area contributed by atoms with Crippen molar-refractivity contribution in [2.24, 2.45) is 34.5 Å². The van der Waals surface area contributed by atoms with E-state index in [1.807, 2.05) is 6.92 Å². The predicted molar refractivity (Wildman–Crippen MR) is 127 cm³/mol. The fraction of sp³-hybridized carbons (Fsp3) is 0.607. The van der Waals surface area contributed by atoms with Crippen molar-refractivity contribution in [1.82, 2.24) is 0 Å². The minimum absolute atomic E-state index is 0.0711. The molecule has 0 spiro atoms. The van der Waals surface area contributed by atoms with Crippen molar-refractivity contribution in [2.45, 2.75) is 72.8 Å². The molecule has 1 aromatic rings. The van der Waals surface area contributed by atoms with Crippen LogP contribution in [0.2, 0.25) is 0 Å². The first-order valence-corrected chi connectivity index (χ1v) is 12.4. The first kappa shape index (κ1) is 25.4. The number of phenols is 1. The van der Waals surface area contributed by atoms with E-state index in [1.165, 1.54) is 6.07 Å². The standard InChI is InChI=1S/C28H34O7/c1-7-8-15-9-10-17(30)19-16(15)11-26(5)12-27(6)20(13(2)3)22(31)18(14(4)29)24(33)28(27,35)25(34)21(26)23(19)32/h9-10,13,18,20-21,30,35H,7-8,11-12H2,1-6H3/t18?,20?,21?,26-,27-,28+/m1/s1. The van der Waals surface area contributed by atoms with Crippen LogP contribution in [-0.4, -0.2) is 44.7 Å². The van der Waals surface area contributed by atoms with Gasteiger partial charge in [-0.2, -0.15) is 0 Å². The molecule has 0 radical (unpaired) electrons. The third-order valence-corrected chi connectivity index (χ3v) is 8.88. The van der Waals surface area contributed by atoms with E-state index < -0.39 is 63.1 Å². The number of phenolic OH excluding ortho intramolecular Hbond substituents is 1. The maximum atomic E-state index is 14.1. The van der Waals surface area contributed by atoms with E-state index in [4.69, 9.17) is 0 Å². The number of carbonyl (C=O) groups is 5. The van der Waals surface area contributed by atoms with Gasteiger partial charge < -0.3 is 10.2 Å². The zero-order valence-electron chi connectivity index (χ0n) is 21.2. The molecule has 6 atom stereocenters. The molecule has 3 aliphatic rings. The molecule has 35 heavy (non-hydrogen) atoms. The highest BCUT2D eigenvalue weighted by atomic mass is 16.3. The highest BCUT2D eigenvalue weighted by Gasteiger charge is 2.76. The number of hydrogen-bond acceptors (Lipinski definition) is 7. The van der Waals surface area contributed by atoms with Gasteiger partial charge in [0.1, 0.15) is 17.5 Å². The maximum absolute atomic E-state index is 14.1. The molecule has 1 aromatic carbocycles. The highest BCUT2D eigenvalue weighted by molar-refractivity contribution is 6.32. The monoisotopic (exact) mass is 482 g/mol. The van der Waals surface area contributed by atoms with Crippen LogP contribution in [-0.2, 0) is 32.0 Å². The van der Waals surface area contributed by atoms with E-state index in [0.29, 0.717) is 18.4 Å². The molecule has 0 bridgehead atoms. The van der Waals surface area contributed by atoms with Gasteiger partial charge in [0.05, 0.1) is 11.5 Å². The van der Waals surface area contributed by atoms with Gasteiger partial charge in [-0.3, -0.25) is 24.0 Å². The summed E-state index contributed by atoms with van der Waals surface area (Å²) in [6.45, 7) is 10.1. The summed E-state index contributed by atoms with van der Waals surface area (Å²) in [7, 11) is 0. The summed E-state index contributed by atoms with van der Waals surface area (Å²) >= 11 is 0. The van der Waals surface area contributed by atoms with Crippen LogP contribution in [0.5, 0.6) is 5.75 Å². The maximum Gasteiger partial charge on any atom is 0.190 e. The van der Waals surface area contributed by atoms with Crippen LogP contribution in [0.15, 0.2) is 12.1 Å². The zero-order valence-corrected chi connectivity index (χ0v) is 21.2. The summed E-state index contributed by atoms with van der Waals surface area (Å²) in [5.74, 6) is -8.58. The van der Waals surface area contributed by atoms with Crippen molar-refractivity contribution < 1.29 is 34.2 Å². The van der Waals surface area contributed by atoms with E-state index >= 15 is 0 Å². The van der Waals surface area contributed by atoms with Crippen LogP contribution in [0, 0.1) is 34.5 Å². The normalized spacial score (nSPS) is 36.6. The van der Waals surface area contributed by atoms with E-state index in [9.17, 15) is 34.2 Å². The minimum atomic E-state index is -2.65. The highest BCUT2D eigenvalue weighted by Crippen LogP contribution is 2.63. The average molecular weight is 483 g/mol. The molecule has 3 aliphatic carbocycles. The lowest BCUT2D eigenvalue weighted by atomic mass is 9.40. The smallest absolute Gasteiger partial charge is 0.190 e. The molecule has 0 saturated heterocycles. The molecule has 188 valence electrons. The van der Waals surface area contributed by atoms with Gasteiger partial charge in [-0.25, -0.2) is 0 Å². The lowest BCUT2D eigenvalue weighted by Gasteiger charge is -2.61. The molecule has 3 unspecified atom stereocenters. The summed E-state index contributed by atoms with van der Waals surface area (Å²) in [4.78, 5) is 67.4. The van der Waals surface area contributed by atoms with Gasteiger partial charge in [-0.1, -0.05) is 47.1 Å². The minimum Gasteiger partial charge on any atom is -0.507 e. The third kappa shape index (κ3) is 3.09. The SMILES string of the molecule is CCCc1ccc(O)c2c1C[C@]1(C)C[C@]3(C)C(C(C)C)C(=O)C(C(C)=O)C(=O)[C@]3(O)C(=O)C1C2=O. The van der Waals surface area contributed by atoms with Crippen molar-refractivity contribution in [3.8, 4) is 5.75 Å². The quantitative estimate of drug-likeness (QED) is 0.632. The van der Waals surface area contributed by atoms with Gasteiger partial charge in [0, 0.05) is 11.3 Å². The van der Waals surface area contributed by atoms with Crippen LogP contribution >= 0.6 is 0 Å². The van der Waals surface area contributed by atoms with Crippen LogP contribution in [0.3, 0.4) is 0 Å². The average Bonchev–Trinajstić information content (AvgIpc) is 2.72. The number of fused-ring (bicyclic) bond motifs is 3. The molecule has 0 amide bonds.